The van der Waals surface area contributed by atoms with Crippen LogP contribution >= 0.6 is 11.6 Å². The zero-order chi connectivity index (χ0) is 19.5. The van der Waals surface area contributed by atoms with Gasteiger partial charge in [-0.05, 0) is 36.2 Å². The van der Waals surface area contributed by atoms with Crippen molar-refractivity contribution in [3.8, 4) is 0 Å². The van der Waals surface area contributed by atoms with Crippen molar-refractivity contribution in [1.82, 2.24) is 0 Å². The smallest absolute Gasteiger partial charge is 0.258 e. The summed E-state index contributed by atoms with van der Waals surface area (Å²) < 4.78 is 0. The van der Waals surface area contributed by atoms with Gasteiger partial charge in [0, 0.05) is 17.3 Å². The van der Waals surface area contributed by atoms with Crippen molar-refractivity contribution in [2.45, 2.75) is 19.0 Å². The summed E-state index contributed by atoms with van der Waals surface area (Å²) in [7, 11) is 0. The first-order chi connectivity index (χ1) is 13.1. The Labute approximate surface area is 163 Å². The second-order valence-corrected chi connectivity index (χ2v) is 6.12. The molecule has 0 spiro atoms. The highest BCUT2D eigenvalue weighted by molar-refractivity contribution is 6.30. The first-order valence-electron chi connectivity index (χ1n) is 8.48. The fraction of sp³-hybridized carbons (Fsp3) is 0.263. The minimum Gasteiger partial charge on any atom is -0.396 e. The number of anilines is 1. The van der Waals surface area contributed by atoms with Crippen LogP contribution in [0.2, 0.25) is 5.02 Å². The number of rotatable bonds is 9. The number of carbonyl (C=O) groups is 1. The van der Waals surface area contributed by atoms with E-state index in [2.05, 4.69) is 20.5 Å². The average Bonchev–Trinajstić information content (AvgIpc) is 2.68. The van der Waals surface area contributed by atoms with E-state index in [0.717, 1.165) is 5.56 Å². The molecule has 4 N–H and O–H groups in total. The maximum atomic E-state index is 12.6. The minimum atomic E-state index is -1.05. The summed E-state index contributed by atoms with van der Waals surface area (Å²) in [4.78, 5) is 16.9. The number of nitrogens with one attached hydrogen (secondary N) is 1. The number of amides is 1. The first-order valence-corrected chi connectivity index (χ1v) is 8.85. The quantitative estimate of drug-likeness (QED) is 0.266. The van der Waals surface area contributed by atoms with Gasteiger partial charge in [-0.15, -0.1) is 0 Å². The van der Waals surface area contributed by atoms with Crippen molar-refractivity contribution in [1.29, 1.82) is 0 Å². The maximum Gasteiger partial charge on any atom is 0.258 e. The van der Waals surface area contributed by atoms with Crippen LogP contribution in [0.3, 0.4) is 0 Å². The van der Waals surface area contributed by atoms with E-state index >= 15 is 0 Å². The summed E-state index contributed by atoms with van der Waals surface area (Å²) in [6.45, 7) is 0.598. The van der Waals surface area contributed by atoms with Crippen LogP contribution in [-0.2, 0) is 11.3 Å². The average molecular weight is 388 g/mol. The second kappa shape index (κ2) is 11.1. The van der Waals surface area contributed by atoms with E-state index in [0.29, 0.717) is 30.2 Å². The summed E-state index contributed by atoms with van der Waals surface area (Å²) >= 11 is 5.87. The number of amidine groups is 1. The first kappa shape index (κ1) is 20.5. The summed E-state index contributed by atoms with van der Waals surface area (Å²) in [6, 6.07) is 15.1. The lowest BCUT2D eigenvalue weighted by atomic mass is 10.2. The Kier molecular flexibility index (Phi) is 8.41. The number of aliphatic hydroxyl groups is 1. The molecule has 2 rings (SSSR count). The van der Waals surface area contributed by atoms with E-state index in [-0.39, 0.29) is 12.4 Å². The normalized spacial score (nSPS) is 12.9. The summed E-state index contributed by atoms with van der Waals surface area (Å²) in [6.07, 6.45) is 0.457. The minimum absolute atomic E-state index is 0.0000363. The maximum absolute atomic E-state index is 12.6. The number of aliphatic imine (C=N–C) groups is 1. The zero-order valence-electron chi connectivity index (χ0n) is 14.8. The molecule has 0 bridgehead atoms. The Bertz CT molecular complexity index is 778. The van der Waals surface area contributed by atoms with E-state index in [1.54, 1.807) is 24.3 Å². The predicted molar refractivity (Wildman–Crippen MR) is 107 cm³/mol. The van der Waals surface area contributed by atoms with Gasteiger partial charge < -0.3 is 16.2 Å². The molecule has 0 aliphatic heterocycles. The topological polar surface area (TPSA) is 112 Å². The third-order valence-corrected chi connectivity index (χ3v) is 3.79. The van der Waals surface area contributed by atoms with Crippen LogP contribution in [0, 0.1) is 0 Å². The standard InChI is InChI=1S/C19H22ClN5O2/c20-15-9-7-14(8-10-15)13-22-18(21)17(25-23-11-4-12-26)19(27)24-16-5-2-1-3-6-16/h1-3,5-10,17,26H,4,11-13H2,(H2,21,22)(H,24,27)/b25-23+. The fourth-order valence-corrected chi connectivity index (χ4v) is 2.24. The highest BCUT2D eigenvalue weighted by atomic mass is 35.5. The summed E-state index contributed by atoms with van der Waals surface area (Å²) in [5, 5.41) is 20.2. The van der Waals surface area contributed by atoms with E-state index in [4.69, 9.17) is 22.4 Å². The largest absolute Gasteiger partial charge is 0.396 e. The second-order valence-electron chi connectivity index (χ2n) is 5.68. The van der Waals surface area contributed by atoms with Gasteiger partial charge in [0.05, 0.1) is 13.1 Å². The predicted octanol–water partition coefficient (Wildman–Crippen LogP) is 3.04. The van der Waals surface area contributed by atoms with E-state index < -0.39 is 11.9 Å². The molecule has 0 saturated heterocycles. The van der Waals surface area contributed by atoms with Crippen molar-refractivity contribution < 1.29 is 9.90 Å². The van der Waals surface area contributed by atoms with Crippen molar-refractivity contribution >= 4 is 29.0 Å². The van der Waals surface area contributed by atoms with Crippen molar-refractivity contribution in [2.24, 2.45) is 21.0 Å². The number of aliphatic hydroxyl groups excluding tert-OH is 1. The number of nitrogens with zero attached hydrogens (tertiary/aromatic N) is 3. The highest BCUT2D eigenvalue weighted by Gasteiger charge is 2.22. The third kappa shape index (κ3) is 7.16. The molecule has 142 valence electrons. The van der Waals surface area contributed by atoms with Gasteiger partial charge in [0.2, 0.25) is 6.04 Å². The lowest BCUT2D eigenvalue weighted by molar-refractivity contribution is -0.116. The third-order valence-electron chi connectivity index (χ3n) is 3.54. The molecule has 8 heteroatoms. The molecule has 0 fully saturated rings. The molecule has 0 aromatic heterocycles. The number of hydrogen-bond acceptors (Lipinski definition) is 5. The molecule has 0 heterocycles. The van der Waals surface area contributed by atoms with Gasteiger partial charge in [0.15, 0.2) is 0 Å². The molecule has 27 heavy (non-hydrogen) atoms. The lowest BCUT2D eigenvalue weighted by Gasteiger charge is -2.12. The number of carbonyl (C=O) groups excluding carboxylic acids is 1. The Morgan fingerprint density at radius 3 is 2.52 bits per heavy atom. The van der Waals surface area contributed by atoms with Gasteiger partial charge in [-0.2, -0.15) is 10.2 Å². The fourth-order valence-electron chi connectivity index (χ4n) is 2.12. The lowest BCUT2D eigenvalue weighted by Crippen LogP contribution is -2.38. The SMILES string of the molecule is N/C(=N\Cc1ccc(Cl)cc1)C(/N=N/CCCO)C(=O)Nc1ccccc1. The Morgan fingerprint density at radius 1 is 1.15 bits per heavy atom. The monoisotopic (exact) mass is 387 g/mol. The molecule has 0 radical (unpaired) electrons. The number of azo groups is 1. The van der Waals surface area contributed by atoms with Gasteiger partial charge in [-0.25, -0.2) is 0 Å². The molecule has 2 aromatic carbocycles. The number of para-hydroxylation sites is 1. The van der Waals surface area contributed by atoms with Crippen LogP contribution in [0.15, 0.2) is 69.8 Å². The highest BCUT2D eigenvalue weighted by Crippen LogP contribution is 2.11. The van der Waals surface area contributed by atoms with E-state index in [9.17, 15) is 4.79 Å². The Hall–Kier alpha value is -2.77. The molecule has 1 unspecified atom stereocenters. The van der Waals surface area contributed by atoms with Gasteiger partial charge in [-0.1, -0.05) is 41.9 Å². The molecular formula is C19H22ClN5O2. The Balaban J connectivity index is 2.11. The van der Waals surface area contributed by atoms with Gasteiger partial charge in [0.25, 0.3) is 5.91 Å². The molecule has 0 aliphatic rings. The Morgan fingerprint density at radius 2 is 1.85 bits per heavy atom. The number of nitrogens with two attached hydrogens (primary N) is 1. The van der Waals surface area contributed by atoms with Crippen LogP contribution in [-0.4, -0.2) is 36.0 Å². The molecular weight excluding hydrogens is 366 g/mol. The van der Waals surface area contributed by atoms with Crippen molar-refractivity contribution in [3.05, 3.63) is 65.2 Å². The number of halogens is 1. The summed E-state index contributed by atoms with van der Waals surface area (Å²) in [5.74, 6) is -0.363. The zero-order valence-corrected chi connectivity index (χ0v) is 15.5. The van der Waals surface area contributed by atoms with Crippen molar-refractivity contribution in [3.63, 3.8) is 0 Å². The van der Waals surface area contributed by atoms with Crippen LogP contribution in [0.25, 0.3) is 0 Å². The molecule has 1 atom stereocenters. The molecule has 7 nitrogen and oxygen atoms in total. The van der Waals surface area contributed by atoms with Crippen LogP contribution in [0.4, 0.5) is 5.69 Å². The number of benzene rings is 2. The molecule has 2 aromatic rings. The van der Waals surface area contributed by atoms with E-state index in [1.807, 2.05) is 30.3 Å². The van der Waals surface area contributed by atoms with Crippen LogP contribution in [0.5, 0.6) is 0 Å². The number of hydrogen-bond donors (Lipinski definition) is 3. The van der Waals surface area contributed by atoms with Gasteiger partial charge in [0.1, 0.15) is 5.84 Å². The van der Waals surface area contributed by atoms with Gasteiger partial charge >= 0.3 is 0 Å². The van der Waals surface area contributed by atoms with Gasteiger partial charge in [-0.3, -0.25) is 9.79 Å². The van der Waals surface area contributed by atoms with Crippen LogP contribution < -0.4 is 11.1 Å². The molecule has 1 amide bonds. The molecule has 0 saturated carbocycles. The summed E-state index contributed by atoms with van der Waals surface area (Å²) in [5.41, 5.74) is 7.56. The van der Waals surface area contributed by atoms with Crippen molar-refractivity contribution in [2.75, 3.05) is 18.5 Å². The van der Waals surface area contributed by atoms with Crippen LogP contribution in [0.1, 0.15) is 12.0 Å². The van der Waals surface area contributed by atoms with E-state index in [1.165, 1.54) is 0 Å². The molecule has 0 aliphatic carbocycles.